The lowest BCUT2D eigenvalue weighted by molar-refractivity contribution is 0.540. The van der Waals surface area contributed by atoms with Gasteiger partial charge in [0.05, 0.1) is 16.1 Å². The molecule has 0 spiro atoms. The van der Waals surface area contributed by atoms with E-state index in [1.165, 1.54) is 0 Å². The van der Waals surface area contributed by atoms with E-state index >= 15 is 0 Å². The monoisotopic (exact) mass is 430 g/mol. The Labute approximate surface area is 181 Å². The normalized spacial score (nSPS) is 12.4. The Morgan fingerprint density at radius 3 is 2.23 bits per heavy atom. The van der Waals surface area contributed by atoms with Crippen molar-refractivity contribution >= 4 is 27.1 Å². The maximum absolute atomic E-state index is 12.0. The van der Waals surface area contributed by atoms with Crippen LogP contribution in [0, 0.1) is 13.8 Å². The van der Waals surface area contributed by atoms with Crippen LogP contribution in [0.4, 0.5) is 17.1 Å². The summed E-state index contributed by atoms with van der Waals surface area (Å²) in [6, 6.07) is 13.9. The van der Waals surface area contributed by atoms with Crippen molar-refractivity contribution < 1.29 is 8.42 Å². The van der Waals surface area contributed by atoms with Gasteiger partial charge in [0.25, 0.3) is 0 Å². The van der Waals surface area contributed by atoms with Gasteiger partial charge in [0.2, 0.25) is 10.0 Å². The number of azo groups is 1. The Hall–Kier alpha value is -2.25. The molecule has 0 bridgehead atoms. The Morgan fingerprint density at radius 2 is 1.57 bits per heavy atom. The molecule has 164 valence electrons. The van der Waals surface area contributed by atoms with E-state index in [-0.39, 0.29) is 0 Å². The van der Waals surface area contributed by atoms with Crippen LogP contribution in [-0.2, 0) is 10.0 Å². The van der Waals surface area contributed by atoms with Crippen molar-refractivity contribution in [3.63, 3.8) is 0 Å². The first-order chi connectivity index (χ1) is 14.1. The number of anilines is 1. The molecular weight excluding hydrogens is 396 g/mol. The smallest absolute Gasteiger partial charge is 0.216 e. The molecule has 2 rings (SSSR count). The highest BCUT2D eigenvalue weighted by atomic mass is 32.2. The van der Waals surface area contributed by atoms with Gasteiger partial charge in [-0.05, 0) is 82.9 Å². The number of nitrogens with zero attached hydrogens (tertiary/aromatic N) is 2. The number of nitrogens with one attached hydrogen (secondary N) is 2. The fourth-order valence-corrected chi connectivity index (χ4v) is 3.61. The minimum absolute atomic E-state index is 0.485. The lowest BCUT2D eigenvalue weighted by atomic mass is 10.1. The van der Waals surface area contributed by atoms with E-state index in [1.807, 2.05) is 49.4 Å². The molecule has 0 saturated heterocycles. The van der Waals surface area contributed by atoms with E-state index in [4.69, 9.17) is 0 Å². The predicted molar refractivity (Wildman–Crippen MR) is 126 cm³/mol. The van der Waals surface area contributed by atoms with E-state index in [2.05, 4.69) is 27.2 Å². The fraction of sp³-hybridized carbons (Fsp3) is 0.478. The highest BCUT2D eigenvalue weighted by molar-refractivity contribution is 7.90. The first-order valence-corrected chi connectivity index (χ1v) is 11.9. The first kappa shape index (κ1) is 24.0. The lowest BCUT2D eigenvalue weighted by Gasteiger charge is -2.19. The topological polar surface area (TPSA) is 82.9 Å². The Balaban J connectivity index is 1.75. The van der Waals surface area contributed by atoms with E-state index < -0.39 is 14.8 Å². The molecule has 0 unspecified atom stereocenters. The molecule has 0 amide bonds. The van der Waals surface area contributed by atoms with Gasteiger partial charge in [-0.1, -0.05) is 24.6 Å². The summed E-state index contributed by atoms with van der Waals surface area (Å²) >= 11 is 0. The second-order valence-corrected chi connectivity index (χ2v) is 11.0. The summed E-state index contributed by atoms with van der Waals surface area (Å²) in [5.41, 5.74) is 5.00. The molecule has 2 N–H and O–H groups in total. The van der Waals surface area contributed by atoms with Crippen molar-refractivity contribution in [3.8, 4) is 0 Å². The quantitative estimate of drug-likeness (QED) is 0.357. The van der Waals surface area contributed by atoms with Gasteiger partial charge < -0.3 is 5.32 Å². The maximum Gasteiger partial charge on any atom is 0.216 e. The highest BCUT2D eigenvalue weighted by Crippen LogP contribution is 2.25. The van der Waals surface area contributed by atoms with Gasteiger partial charge >= 0.3 is 0 Å². The van der Waals surface area contributed by atoms with Crippen molar-refractivity contribution in [2.75, 3.05) is 18.4 Å². The summed E-state index contributed by atoms with van der Waals surface area (Å²) in [6.07, 6.45) is 2.76. The fourth-order valence-electron chi connectivity index (χ4n) is 2.77. The molecular formula is C23H34N4O2S. The second-order valence-electron chi connectivity index (χ2n) is 8.48. The third-order valence-electron chi connectivity index (χ3n) is 4.87. The molecule has 0 aromatic heterocycles. The van der Waals surface area contributed by atoms with Gasteiger partial charge in [-0.2, -0.15) is 10.2 Å². The minimum Gasteiger partial charge on any atom is -0.385 e. The molecule has 0 aliphatic heterocycles. The number of hydrogen-bond donors (Lipinski definition) is 2. The van der Waals surface area contributed by atoms with Crippen LogP contribution in [0.15, 0.2) is 52.7 Å². The highest BCUT2D eigenvalue weighted by Gasteiger charge is 2.27. The summed E-state index contributed by atoms with van der Waals surface area (Å²) in [7, 11) is -3.25. The van der Waals surface area contributed by atoms with Crippen LogP contribution in [0.1, 0.15) is 51.2 Å². The Kier molecular flexibility index (Phi) is 8.55. The summed E-state index contributed by atoms with van der Waals surface area (Å²) in [5.74, 6) is 0. The Morgan fingerprint density at radius 1 is 0.867 bits per heavy atom. The summed E-state index contributed by atoms with van der Waals surface area (Å²) in [6.45, 7) is 10.5. The first-order valence-electron chi connectivity index (χ1n) is 10.4. The molecule has 0 fully saturated rings. The third kappa shape index (κ3) is 7.22. The van der Waals surface area contributed by atoms with Crippen LogP contribution in [0.5, 0.6) is 0 Å². The van der Waals surface area contributed by atoms with Gasteiger partial charge in [0.1, 0.15) is 0 Å². The summed E-state index contributed by atoms with van der Waals surface area (Å²) < 4.78 is 25.9. The third-order valence-corrected chi connectivity index (χ3v) is 7.06. The number of unbranched alkanes of at least 4 members (excludes halogenated alkanes) is 2. The van der Waals surface area contributed by atoms with Crippen LogP contribution in [-0.4, -0.2) is 26.3 Å². The standard InChI is InChI=1S/C23H34N4O2S/c1-18-11-7-8-12-22(18)27-26-20-13-14-21(19(2)17-20)24-15-9-6-10-16-25-30(28,29)23(3,4)5/h7-8,11-14,17,24-25H,6,9-10,15-16H2,1-5H3. The number of rotatable bonds is 10. The van der Waals surface area contributed by atoms with E-state index in [0.29, 0.717) is 6.54 Å². The minimum atomic E-state index is -3.25. The SMILES string of the molecule is Cc1ccccc1N=Nc1ccc(NCCCCCNS(=O)(=O)C(C)(C)C)c(C)c1. The molecule has 2 aromatic rings. The Bertz CT molecular complexity index is 963. The molecule has 0 radical (unpaired) electrons. The molecule has 6 nitrogen and oxygen atoms in total. The van der Waals surface area contributed by atoms with Crippen molar-refractivity contribution in [1.82, 2.24) is 4.72 Å². The van der Waals surface area contributed by atoms with E-state index in [0.717, 1.165) is 54.0 Å². The zero-order chi connectivity index (χ0) is 22.2. The number of aryl methyl sites for hydroxylation is 2. The molecule has 0 aliphatic rings. The van der Waals surface area contributed by atoms with Gasteiger partial charge in [0, 0.05) is 18.8 Å². The molecule has 0 aliphatic carbocycles. The van der Waals surface area contributed by atoms with Crippen LogP contribution in [0.25, 0.3) is 0 Å². The average molecular weight is 431 g/mol. The van der Waals surface area contributed by atoms with E-state index in [9.17, 15) is 8.42 Å². The lowest BCUT2D eigenvalue weighted by Crippen LogP contribution is -2.39. The van der Waals surface area contributed by atoms with Gasteiger partial charge in [-0.15, -0.1) is 0 Å². The van der Waals surface area contributed by atoms with Crippen LogP contribution in [0.2, 0.25) is 0 Å². The predicted octanol–water partition coefficient (Wildman–Crippen LogP) is 6.02. The van der Waals surface area contributed by atoms with Crippen molar-refractivity contribution in [2.24, 2.45) is 10.2 Å². The number of hydrogen-bond acceptors (Lipinski definition) is 5. The van der Waals surface area contributed by atoms with Gasteiger partial charge in [-0.3, -0.25) is 0 Å². The van der Waals surface area contributed by atoms with Crippen LogP contribution >= 0.6 is 0 Å². The average Bonchev–Trinajstić information content (AvgIpc) is 2.67. The summed E-state index contributed by atoms with van der Waals surface area (Å²) in [4.78, 5) is 0. The van der Waals surface area contributed by atoms with E-state index in [1.54, 1.807) is 20.8 Å². The molecule has 0 atom stereocenters. The van der Waals surface area contributed by atoms with Crippen LogP contribution < -0.4 is 10.0 Å². The number of sulfonamides is 1. The molecule has 7 heteroatoms. The second kappa shape index (κ2) is 10.7. The number of benzene rings is 2. The summed E-state index contributed by atoms with van der Waals surface area (Å²) in [5, 5.41) is 12.1. The van der Waals surface area contributed by atoms with Crippen molar-refractivity contribution in [1.29, 1.82) is 0 Å². The molecule has 30 heavy (non-hydrogen) atoms. The largest absolute Gasteiger partial charge is 0.385 e. The zero-order valence-electron chi connectivity index (χ0n) is 18.7. The molecule has 0 saturated carbocycles. The van der Waals surface area contributed by atoms with Crippen LogP contribution in [0.3, 0.4) is 0 Å². The van der Waals surface area contributed by atoms with Crippen molar-refractivity contribution in [2.45, 2.75) is 58.6 Å². The van der Waals surface area contributed by atoms with Crippen molar-refractivity contribution in [3.05, 3.63) is 53.6 Å². The zero-order valence-corrected chi connectivity index (χ0v) is 19.5. The molecule has 0 heterocycles. The maximum atomic E-state index is 12.0. The van der Waals surface area contributed by atoms with Gasteiger partial charge in [-0.25, -0.2) is 13.1 Å². The van der Waals surface area contributed by atoms with Gasteiger partial charge in [0.15, 0.2) is 0 Å². The molecule has 2 aromatic carbocycles.